The van der Waals surface area contributed by atoms with Gasteiger partial charge >= 0.3 is 6.03 Å². The second kappa shape index (κ2) is 8.96. The maximum absolute atomic E-state index is 12.0. The molecule has 1 aromatic carbocycles. The van der Waals surface area contributed by atoms with Crippen LogP contribution in [0.3, 0.4) is 0 Å². The van der Waals surface area contributed by atoms with E-state index < -0.39 is 6.10 Å². The molecule has 0 fully saturated rings. The van der Waals surface area contributed by atoms with Gasteiger partial charge < -0.3 is 20.5 Å². The lowest BCUT2D eigenvalue weighted by molar-refractivity contribution is 0.173. The highest BCUT2D eigenvalue weighted by Crippen LogP contribution is 2.19. The second-order valence-electron chi connectivity index (χ2n) is 5.21. The van der Waals surface area contributed by atoms with Gasteiger partial charge in [0.15, 0.2) is 0 Å². The molecule has 2 aromatic rings. The molecule has 5 nitrogen and oxygen atoms in total. The number of hydrogen-bond donors (Lipinski definition) is 3. The van der Waals surface area contributed by atoms with Crippen LogP contribution in [0.1, 0.15) is 30.2 Å². The number of aliphatic hydroxyl groups excluding tert-OH is 1. The van der Waals surface area contributed by atoms with Crippen LogP contribution in [0.4, 0.5) is 4.79 Å². The van der Waals surface area contributed by atoms with Crippen LogP contribution in [-0.4, -0.2) is 24.3 Å². The maximum atomic E-state index is 12.0. The number of carbonyl (C=O) groups is 1. The van der Waals surface area contributed by atoms with Crippen molar-refractivity contribution in [3.05, 3.63) is 52.2 Å². The molecular weight excluding hydrogens is 324 g/mol. The third-order valence-corrected chi connectivity index (χ3v) is 4.11. The minimum absolute atomic E-state index is 0.153. The van der Waals surface area contributed by atoms with E-state index in [0.29, 0.717) is 5.75 Å². The molecule has 24 heavy (non-hydrogen) atoms. The Balaban J connectivity index is 1.84. The van der Waals surface area contributed by atoms with Crippen LogP contribution >= 0.6 is 11.3 Å². The van der Waals surface area contributed by atoms with Crippen molar-refractivity contribution in [2.24, 2.45) is 0 Å². The summed E-state index contributed by atoms with van der Waals surface area (Å²) in [7, 11) is 0. The molecule has 2 atom stereocenters. The predicted octanol–water partition coefficient (Wildman–Crippen LogP) is 2.85. The van der Waals surface area contributed by atoms with Crippen LogP contribution in [0.15, 0.2) is 41.1 Å². The molecule has 0 saturated heterocycles. The summed E-state index contributed by atoms with van der Waals surface area (Å²) < 4.78 is 5.37. The Morgan fingerprint density at radius 3 is 2.96 bits per heavy atom. The van der Waals surface area contributed by atoms with Crippen LogP contribution in [0.5, 0.6) is 5.75 Å². The van der Waals surface area contributed by atoms with Crippen molar-refractivity contribution in [2.75, 3.05) is 13.2 Å². The van der Waals surface area contributed by atoms with Crippen molar-refractivity contribution < 1.29 is 14.6 Å². The van der Waals surface area contributed by atoms with Crippen LogP contribution in [0.25, 0.3) is 0 Å². The summed E-state index contributed by atoms with van der Waals surface area (Å²) >= 11 is 1.50. The molecule has 0 spiro atoms. The van der Waals surface area contributed by atoms with E-state index in [-0.39, 0.29) is 25.2 Å². The number of nitrogens with one attached hydrogen (secondary N) is 2. The third kappa shape index (κ3) is 5.30. The van der Waals surface area contributed by atoms with Gasteiger partial charge in [-0.2, -0.15) is 11.3 Å². The Morgan fingerprint density at radius 1 is 1.42 bits per heavy atom. The molecular formula is C18H20N2O3S. The minimum Gasteiger partial charge on any atom is -0.481 e. The van der Waals surface area contributed by atoms with Crippen LogP contribution in [-0.2, 0) is 0 Å². The third-order valence-electron chi connectivity index (χ3n) is 3.41. The minimum atomic E-state index is -0.710. The Labute approximate surface area is 145 Å². The molecule has 1 aromatic heterocycles. The summed E-state index contributed by atoms with van der Waals surface area (Å²) in [6, 6.07) is 8.67. The van der Waals surface area contributed by atoms with Gasteiger partial charge in [-0.15, -0.1) is 6.42 Å². The van der Waals surface area contributed by atoms with Gasteiger partial charge in [0.05, 0.1) is 12.1 Å². The highest BCUT2D eigenvalue weighted by molar-refractivity contribution is 7.07. The molecule has 2 rings (SSSR count). The van der Waals surface area contributed by atoms with Crippen LogP contribution < -0.4 is 15.4 Å². The average molecular weight is 344 g/mol. The van der Waals surface area contributed by atoms with Crippen LogP contribution in [0, 0.1) is 12.3 Å². The fourth-order valence-corrected chi connectivity index (χ4v) is 2.81. The molecule has 0 radical (unpaired) electrons. The van der Waals surface area contributed by atoms with Crippen molar-refractivity contribution in [3.63, 3.8) is 0 Å². The van der Waals surface area contributed by atoms with Crippen molar-refractivity contribution in [1.82, 2.24) is 10.6 Å². The standard InChI is InChI=1S/C18H20N2O3S/c1-3-8-23-16-6-4-5-14(10-16)13(2)20-18(22)19-11-17(21)15-7-9-24-12-15/h1,4-7,9-10,12-13,17,21H,8,11H2,2H3,(H2,19,20,22)/t13-,17-/m0/s1. The van der Waals surface area contributed by atoms with Gasteiger partial charge in [-0.05, 0) is 47.0 Å². The van der Waals surface area contributed by atoms with Crippen molar-refractivity contribution in [1.29, 1.82) is 0 Å². The maximum Gasteiger partial charge on any atom is 0.315 e. The molecule has 0 aliphatic heterocycles. The first-order valence-electron chi connectivity index (χ1n) is 7.51. The van der Waals surface area contributed by atoms with E-state index in [2.05, 4.69) is 16.6 Å². The monoisotopic (exact) mass is 344 g/mol. The second-order valence-corrected chi connectivity index (χ2v) is 5.99. The molecule has 0 unspecified atom stereocenters. The first-order chi connectivity index (χ1) is 11.6. The number of terminal acetylenes is 1. The highest BCUT2D eigenvalue weighted by atomic mass is 32.1. The van der Waals surface area contributed by atoms with Gasteiger partial charge in [0, 0.05) is 6.54 Å². The molecule has 0 bridgehead atoms. The van der Waals surface area contributed by atoms with Gasteiger partial charge in [-0.1, -0.05) is 18.1 Å². The molecule has 6 heteroatoms. The summed E-state index contributed by atoms with van der Waals surface area (Å²) in [5.41, 5.74) is 1.70. The Morgan fingerprint density at radius 2 is 2.25 bits per heavy atom. The number of hydrogen-bond acceptors (Lipinski definition) is 4. The van der Waals surface area contributed by atoms with Crippen molar-refractivity contribution in [3.8, 4) is 18.1 Å². The number of carbonyl (C=O) groups excluding carboxylic acids is 1. The lowest BCUT2D eigenvalue weighted by Crippen LogP contribution is -2.39. The fourth-order valence-electron chi connectivity index (χ4n) is 2.10. The molecule has 0 saturated carbocycles. The summed E-state index contributed by atoms with van der Waals surface area (Å²) in [6.07, 6.45) is 4.46. The van der Waals surface area contributed by atoms with E-state index in [1.165, 1.54) is 11.3 Å². The molecule has 3 N–H and O–H groups in total. The summed E-state index contributed by atoms with van der Waals surface area (Å²) in [4.78, 5) is 12.0. The fraction of sp³-hybridized carbons (Fsp3) is 0.278. The topological polar surface area (TPSA) is 70.6 Å². The lowest BCUT2D eigenvalue weighted by atomic mass is 10.1. The molecule has 1 heterocycles. The zero-order chi connectivity index (χ0) is 17.4. The first kappa shape index (κ1) is 17.9. The van der Waals surface area contributed by atoms with E-state index in [0.717, 1.165) is 11.1 Å². The Hall–Kier alpha value is -2.49. The number of urea groups is 1. The quantitative estimate of drug-likeness (QED) is 0.677. The normalized spacial score (nSPS) is 12.7. The summed E-state index contributed by atoms with van der Waals surface area (Å²) in [5, 5.41) is 19.2. The van der Waals surface area contributed by atoms with Crippen LogP contribution in [0.2, 0.25) is 0 Å². The van der Waals surface area contributed by atoms with Crippen molar-refractivity contribution in [2.45, 2.75) is 19.1 Å². The van der Waals surface area contributed by atoms with E-state index in [4.69, 9.17) is 11.2 Å². The lowest BCUT2D eigenvalue weighted by Gasteiger charge is -2.17. The number of thiophene rings is 1. The SMILES string of the molecule is C#CCOc1cccc([C@H](C)NC(=O)NC[C@H](O)c2ccsc2)c1. The van der Waals surface area contributed by atoms with Gasteiger partial charge in [0.2, 0.25) is 0 Å². The summed E-state index contributed by atoms with van der Waals surface area (Å²) in [6.45, 7) is 2.22. The van der Waals surface area contributed by atoms with Gasteiger partial charge in [0.25, 0.3) is 0 Å². The molecule has 0 aliphatic rings. The van der Waals surface area contributed by atoms with Crippen molar-refractivity contribution >= 4 is 17.4 Å². The highest BCUT2D eigenvalue weighted by Gasteiger charge is 2.13. The van der Waals surface area contributed by atoms with E-state index >= 15 is 0 Å². The predicted molar refractivity (Wildman–Crippen MR) is 95.0 cm³/mol. The largest absolute Gasteiger partial charge is 0.481 e. The zero-order valence-electron chi connectivity index (χ0n) is 13.4. The molecule has 126 valence electrons. The van der Waals surface area contributed by atoms with E-state index in [1.807, 2.05) is 48.0 Å². The molecule has 2 amide bonds. The summed E-state index contributed by atoms with van der Waals surface area (Å²) in [5.74, 6) is 3.07. The Bertz CT molecular complexity index is 695. The Kier molecular flexibility index (Phi) is 6.67. The number of ether oxygens (including phenoxy) is 1. The number of rotatable bonds is 7. The zero-order valence-corrected chi connectivity index (χ0v) is 14.2. The van der Waals surface area contributed by atoms with E-state index in [1.54, 1.807) is 0 Å². The van der Waals surface area contributed by atoms with E-state index in [9.17, 15) is 9.90 Å². The number of aliphatic hydroxyl groups is 1. The van der Waals surface area contributed by atoms with Gasteiger partial charge in [-0.25, -0.2) is 4.79 Å². The smallest absolute Gasteiger partial charge is 0.315 e. The van der Waals surface area contributed by atoms with Gasteiger partial charge in [0.1, 0.15) is 12.4 Å². The van der Waals surface area contributed by atoms with Gasteiger partial charge in [-0.3, -0.25) is 0 Å². The first-order valence-corrected chi connectivity index (χ1v) is 8.45. The number of benzene rings is 1. The average Bonchev–Trinajstić information content (AvgIpc) is 3.12. The molecule has 0 aliphatic carbocycles. The number of amides is 2.